The molecule has 1 aliphatic heterocycles. The van der Waals surface area contributed by atoms with Crippen molar-refractivity contribution in [1.82, 2.24) is 5.32 Å². The highest BCUT2D eigenvalue weighted by Gasteiger charge is 2.36. The lowest BCUT2D eigenvalue weighted by molar-refractivity contribution is -0.122. The number of imide groups is 2. The minimum Gasteiger partial charge on any atom is -0.493 e. The van der Waals surface area contributed by atoms with Gasteiger partial charge in [0.1, 0.15) is 11.4 Å². The van der Waals surface area contributed by atoms with Crippen LogP contribution in [0.1, 0.15) is 5.56 Å². The second-order valence-electron chi connectivity index (χ2n) is 7.69. The van der Waals surface area contributed by atoms with Gasteiger partial charge in [0, 0.05) is 10.7 Å². The van der Waals surface area contributed by atoms with Gasteiger partial charge in [0.25, 0.3) is 17.7 Å². The molecule has 9 nitrogen and oxygen atoms in total. The standard InChI is InChI=1S/C26H19ClFN3O6/c1-36-22-12-15(5-10-21(22)37-14-23(32)29-18-8-6-17(28)7-9-18)11-20-24(33)30-26(35)31(25(20)34)19-4-2-3-16(27)13-19/h2-13H,14H2,1H3,(H,29,32)(H,30,33,35)/b20-11+. The Kier molecular flexibility index (Phi) is 7.49. The summed E-state index contributed by atoms with van der Waals surface area (Å²) < 4.78 is 23.9. The minimum atomic E-state index is -0.894. The predicted molar refractivity (Wildman–Crippen MR) is 134 cm³/mol. The monoisotopic (exact) mass is 523 g/mol. The maximum absolute atomic E-state index is 13.0. The van der Waals surface area contributed by atoms with Gasteiger partial charge >= 0.3 is 6.03 Å². The number of anilines is 2. The fourth-order valence-corrected chi connectivity index (χ4v) is 3.63. The topological polar surface area (TPSA) is 114 Å². The van der Waals surface area contributed by atoms with Crippen molar-refractivity contribution in [2.45, 2.75) is 0 Å². The molecule has 0 radical (unpaired) electrons. The van der Waals surface area contributed by atoms with E-state index in [0.717, 1.165) is 4.90 Å². The van der Waals surface area contributed by atoms with E-state index in [0.29, 0.717) is 16.3 Å². The van der Waals surface area contributed by atoms with Gasteiger partial charge in [-0.3, -0.25) is 19.7 Å². The highest BCUT2D eigenvalue weighted by Crippen LogP contribution is 2.30. The Hall–Kier alpha value is -4.70. The first-order chi connectivity index (χ1) is 17.7. The summed E-state index contributed by atoms with van der Waals surface area (Å²) in [5.74, 6) is -2.12. The normalized spacial score (nSPS) is 14.4. The molecule has 1 heterocycles. The number of methoxy groups -OCH3 is 1. The van der Waals surface area contributed by atoms with E-state index >= 15 is 0 Å². The van der Waals surface area contributed by atoms with Crippen LogP contribution >= 0.6 is 11.6 Å². The summed E-state index contributed by atoms with van der Waals surface area (Å²) in [5, 5.41) is 5.02. The van der Waals surface area contributed by atoms with Crippen LogP contribution in [0.25, 0.3) is 6.08 Å². The number of nitrogens with zero attached hydrogens (tertiary/aromatic N) is 1. The Balaban J connectivity index is 1.51. The molecular formula is C26H19ClFN3O6. The third-order valence-electron chi connectivity index (χ3n) is 5.15. The van der Waals surface area contributed by atoms with Crippen molar-refractivity contribution in [2.24, 2.45) is 0 Å². The summed E-state index contributed by atoms with van der Waals surface area (Å²) in [6, 6.07) is 15.0. The molecule has 0 atom stereocenters. The van der Waals surface area contributed by atoms with E-state index in [1.165, 1.54) is 61.7 Å². The van der Waals surface area contributed by atoms with Crippen LogP contribution < -0.4 is 25.0 Å². The number of urea groups is 1. The zero-order valence-electron chi connectivity index (χ0n) is 19.3. The van der Waals surface area contributed by atoms with Crippen molar-refractivity contribution in [3.63, 3.8) is 0 Å². The van der Waals surface area contributed by atoms with E-state index in [2.05, 4.69) is 10.6 Å². The van der Waals surface area contributed by atoms with Gasteiger partial charge in [-0.25, -0.2) is 14.1 Å². The predicted octanol–water partition coefficient (Wildman–Crippen LogP) is 4.17. The molecule has 1 saturated heterocycles. The Morgan fingerprint density at radius 2 is 1.81 bits per heavy atom. The van der Waals surface area contributed by atoms with Crippen LogP contribution in [-0.4, -0.2) is 37.5 Å². The fraction of sp³-hybridized carbons (Fsp3) is 0.0769. The van der Waals surface area contributed by atoms with Crippen LogP contribution in [0.3, 0.4) is 0 Å². The quantitative estimate of drug-likeness (QED) is 0.355. The van der Waals surface area contributed by atoms with Crippen molar-refractivity contribution in [2.75, 3.05) is 23.9 Å². The van der Waals surface area contributed by atoms with E-state index < -0.39 is 29.6 Å². The number of hydrogen-bond acceptors (Lipinski definition) is 6. The average Bonchev–Trinajstić information content (AvgIpc) is 2.87. The number of amides is 5. The van der Waals surface area contributed by atoms with Crippen LogP contribution in [0.15, 0.2) is 72.3 Å². The lowest BCUT2D eigenvalue weighted by Crippen LogP contribution is -2.54. The van der Waals surface area contributed by atoms with Gasteiger partial charge in [0.05, 0.1) is 12.8 Å². The number of ether oxygens (including phenoxy) is 2. The smallest absolute Gasteiger partial charge is 0.335 e. The molecule has 1 fully saturated rings. The highest BCUT2D eigenvalue weighted by atomic mass is 35.5. The summed E-state index contributed by atoms with van der Waals surface area (Å²) in [5.41, 5.74) is 0.728. The number of nitrogens with one attached hydrogen (secondary N) is 2. The molecule has 37 heavy (non-hydrogen) atoms. The number of benzene rings is 3. The molecular weight excluding hydrogens is 505 g/mol. The van der Waals surface area contributed by atoms with Gasteiger partial charge in [-0.2, -0.15) is 0 Å². The number of rotatable bonds is 7. The first-order valence-electron chi connectivity index (χ1n) is 10.8. The van der Waals surface area contributed by atoms with Crippen LogP contribution in [-0.2, 0) is 14.4 Å². The highest BCUT2D eigenvalue weighted by molar-refractivity contribution is 6.39. The Morgan fingerprint density at radius 3 is 2.51 bits per heavy atom. The molecule has 188 valence electrons. The lowest BCUT2D eigenvalue weighted by Gasteiger charge is -2.26. The van der Waals surface area contributed by atoms with Crippen LogP contribution in [0.5, 0.6) is 11.5 Å². The Bertz CT molecular complexity index is 1420. The van der Waals surface area contributed by atoms with Crippen LogP contribution in [0, 0.1) is 5.82 Å². The van der Waals surface area contributed by atoms with Crippen molar-refractivity contribution in [3.05, 3.63) is 88.7 Å². The molecule has 0 saturated carbocycles. The van der Waals surface area contributed by atoms with Crippen molar-refractivity contribution in [1.29, 1.82) is 0 Å². The molecule has 5 amide bonds. The maximum atomic E-state index is 13.0. The summed E-state index contributed by atoms with van der Waals surface area (Å²) in [6.07, 6.45) is 1.30. The number of barbiturate groups is 1. The molecule has 3 aromatic carbocycles. The minimum absolute atomic E-state index is 0.202. The van der Waals surface area contributed by atoms with E-state index in [-0.39, 0.29) is 29.4 Å². The van der Waals surface area contributed by atoms with Crippen molar-refractivity contribution < 1.29 is 33.0 Å². The Labute approximate surface area is 215 Å². The first-order valence-corrected chi connectivity index (χ1v) is 11.2. The summed E-state index contributed by atoms with van der Waals surface area (Å²) in [7, 11) is 1.38. The van der Waals surface area contributed by atoms with Gasteiger partial charge in [-0.05, 0) is 66.2 Å². The first kappa shape index (κ1) is 25.4. The number of halogens is 2. The summed E-state index contributed by atoms with van der Waals surface area (Å²) in [4.78, 5) is 50.8. The molecule has 3 aromatic rings. The summed E-state index contributed by atoms with van der Waals surface area (Å²) in [6.45, 7) is -0.355. The average molecular weight is 524 g/mol. The molecule has 0 bridgehead atoms. The Morgan fingerprint density at radius 1 is 1.05 bits per heavy atom. The zero-order valence-corrected chi connectivity index (χ0v) is 20.0. The molecule has 0 spiro atoms. The zero-order chi connectivity index (χ0) is 26.5. The van der Waals surface area contributed by atoms with E-state index in [4.69, 9.17) is 21.1 Å². The molecule has 0 aromatic heterocycles. The fourth-order valence-electron chi connectivity index (χ4n) is 3.44. The molecule has 0 unspecified atom stereocenters. The third kappa shape index (κ3) is 5.93. The van der Waals surface area contributed by atoms with E-state index in [9.17, 15) is 23.6 Å². The van der Waals surface area contributed by atoms with Gasteiger partial charge in [-0.15, -0.1) is 0 Å². The second-order valence-corrected chi connectivity index (χ2v) is 8.13. The molecule has 4 rings (SSSR count). The lowest BCUT2D eigenvalue weighted by atomic mass is 10.1. The third-order valence-corrected chi connectivity index (χ3v) is 5.39. The van der Waals surface area contributed by atoms with E-state index in [1.807, 2.05) is 0 Å². The molecule has 1 aliphatic rings. The number of hydrogen-bond donors (Lipinski definition) is 2. The number of carbonyl (C=O) groups excluding carboxylic acids is 4. The van der Waals surface area contributed by atoms with Crippen molar-refractivity contribution >= 4 is 52.8 Å². The van der Waals surface area contributed by atoms with E-state index in [1.54, 1.807) is 18.2 Å². The largest absolute Gasteiger partial charge is 0.493 e. The van der Waals surface area contributed by atoms with Gasteiger partial charge in [0.15, 0.2) is 18.1 Å². The van der Waals surface area contributed by atoms with Gasteiger partial charge in [0.2, 0.25) is 0 Å². The number of carbonyl (C=O) groups is 4. The second kappa shape index (κ2) is 10.9. The van der Waals surface area contributed by atoms with Gasteiger partial charge < -0.3 is 14.8 Å². The van der Waals surface area contributed by atoms with Crippen molar-refractivity contribution in [3.8, 4) is 11.5 Å². The van der Waals surface area contributed by atoms with Gasteiger partial charge in [-0.1, -0.05) is 23.7 Å². The molecule has 2 N–H and O–H groups in total. The summed E-state index contributed by atoms with van der Waals surface area (Å²) >= 11 is 5.98. The van der Waals surface area contributed by atoms with Crippen LogP contribution in [0.2, 0.25) is 5.02 Å². The molecule has 11 heteroatoms. The van der Waals surface area contributed by atoms with Crippen LogP contribution in [0.4, 0.5) is 20.6 Å². The molecule has 0 aliphatic carbocycles. The maximum Gasteiger partial charge on any atom is 0.335 e. The SMILES string of the molecule is COc1cc(/C=C2\C(=O)NC(=O)N(c3cccc(Cl)c3)C2=O)ccc1OCC(=O)Nc1ccc(F)cc1.